The summed E-state index contributed by atoms with van der Waals surface area (Å²) in [5, 5.41) is 3.30. The molecule has 0 aromatic rings. The molecule has 0 aliphatic carbocycles. The third kappa shape index (κ3) is 2.07. The van der Waals surface area contributed by atoms with Gasteiger partial charge >= 0.3 is 0 Å². The van der Waals surface area contributed by atoms with Crippen LogP contribution in [0.15, 0.2) is 0 Å². The van der Waals surface area contributed by atoms with Crippen LogP contribution in [0.1, 0.15) is 27.2 Å². The van der Waals surface area contributed by atoms with Crippen LogP contribution in [-0.4, -0.2) is 42.0 Å². The maximum Gasteiger partial charge on any atom is 0.239 e. The Morgan fingerprint density at radius 3 is 2.50 bits per heavy atom. The second-order valence-electron chi connectivity index (χ2n) is 4.71. The topological polar surface area (TPSA) is 58.4 Å². The van der Waals surface area contributed by atoms with Crippen molar-refractivity contribution >= 4 is 5.91 Å². The van der Waals surface area contributed by atoms with Gasteiger partial charge in [0.05, 0.1) is 0 Å². The van der Waals surface area contributed by atoms with Gasteiger partial charge in [0.1, 0.15) is 5.54 Å². The van der Waals surface area contributed by atoms with Crippen LogP contribution in [0, 0.1) is 0 Å². The summed E-state index contributed by atoms with van der Waals surface area (Å²) in [6, 6.07) is 0.690. The van der Waals surface area contributed by atoms with Crippen molar-refractivity contribution in [3.8, 4) is 0 Å². The van der Waals surface area contributed by atoms with E-state index in [9.17, 15) is 4.79 Å². The summed E-state index contributed by atoms with van der Waals surface area (Å²) < 4.78 is 0. The van der Waals surface area contributed by atoms with Gasteiger partial charge in [0.15, 0.2) is 0 Å². The molecule has 3 N–H and O–H groups in total. The summed E-state index contributed by atoms with van der Waals surface area (Å²) in [5.74, 6) is -0.234. The summed E-state index contributed by atoms with van der Waals surface area (Å²) >= 11 is 0. The monoisotopic (exact) mass is 199 g/mol. The highest BCUT2D eigenvalue weighted by molar-refractivity contribution is 5.85. The summed E-state index contributed by atoms with van der Waals surface area (Å²) in [6.07, 6.45) is 0.803. The van der Waals surface area contributed by atoms with Crippen molar-refractivity contribution < 1.29 is 4.79 Å². The predicted octanol–water partition coefficient (Wildman–Crippen LogP) is -0.0675. The Balaban J connectivity index is 2.80. The van der Waals surface area contributed by atoms with Crippen LogP contribution >= 0.6 is 0 Å². The van der Waals surface area contributed by atoms with Crippen molar-refractivity contribution in [2.24, 2.45) is 5.73 Å². The van der Waals surface area contributed by atoms with Gasteiger partial charge in [0, 0.05) is 18.6 Å². The van der Waals surface area contributed by atoms with Gasteiger partial charge in [-0.2, -0.15) is 0 Å². The highest BCUT2D eigenvalue weighted by Crippen LogP contribution is 2.25. The van der Waals surface area contributed by atoms with Gasteiger partial charge in [0.25, 0.3) is 0 Å². The Hall–Kier alpha value is -0.610. The first-order chi connectivity index (χ1) is 6.37. The molecule has 1 fully saturated rings. The highest BCUT2D eigenvalue weighted by Gasteiger charge is 2.45. The highest BCUT2D eigenvalue weighted by atomic mass is 16.1. The lowest BCUT2D eigenvalue weighted by molar-refractivity contribution is -0.124. The predicted molar refractivity (Wildman–Crippen MR) is 56.9 cm³/mol. The summed E-state index contributed by atoms with van der Waals surface area (Å²) in [4.78, 5) is 13.6. The lowest BCUT2D eigenvalue weighted by Gasteiger charge is -2.29. The number of amides is 1. The van der Waals surface area contributed by atoms with Gasteiger partial charge in [-0.05, 0) is 34.2 Å². The standard InChI is InChI=1S/C10H21N3O/c1-7(2)12-10(9(11)14)5-8(3)13(4)6-10/h7-8,12H,5-6H2,1-4H3,(H2,11,14). The lowest BCUT2D eigenvalue weighted by atomic mass is 9.94. The van der Waals surface area contributed by atoms with Crippen LogP contribution in [0.25, 0.3) is 0 Å². The molecular formula is C10H21N3O. The van der Waals surface area contributed by atoms with Crippen molar-refractivity contribution in [2.45, 2.75) is 44.8 Å². The Kier molecular flexibility index (Phi) is 3.17. The first-order valence-electron chi connectivity index (χ1n) is 5.15. The summed E-state index contributed by atoms with van der Waals surface area (Å²) in [6.45, 7) is 6.90. The van der Waals surface area contributed by atoms with E-state index in [0.29, 0.717) is 12.6 Å². The van der Waals surface area contributed by atoms with Crippen LogP contribution in [0.5, 0.6) is 0 Å². The second kappa shape index (κ2) is 3.87. The number of nitrogens with two attached hydrogens (primary N) is 1. The van der Waals surface area contributed by atoms with Crippen LogP contribution in [0.4, 0.5) is 0 Å². The average Bonchev–Trinajstić information content (AvgIpc) is 2.27. The number of nitrogens with zero attached hydrogens (tertiary/aromatic N) is 1. The fourth-order valence-corrected chi connectivity index (χ4v) is 2.21. The minimum absolute atomic E-state index is 0.234. The van der Waals surface area contributed by atoms with E-state index in [0.717, 1.165) is 6.42 Å². The molecule has 4 nitrogen and oxygen atoms in total. The number of primary amides is 1. The quantitative estimate of drug-likeness (QED) is 0.669. The summed E-state index contributed by atoms with van der Waals surface area (Å²) in [7, 11) is 2.03. The molecule has 1 aliphatic rings. The largest absolute Gasteiger partial charge is 0.368 e. The van der Waals surface area contributed by atoms with Crippen molar-refractivity contribution in [2.75, 3.05) is 13.6 Å². The van der Waals surface area contributed by atoms with E-state index < -0.39 is 5.54 Å². The number of hydrogen-bond donors (Lipinski definition) is 2. The van der Waals surface area contributed by atoms with Gasteiger partial charge in [-0.25, -0.2) is 0 Å². The van der Waals surface area contributed by atoms with E-state index >= 15 is 0 Å². The molecule has 0 bridgehead atoms. The Labute approximate surface area is 85.8 Å². The molecule has 0 spiro atoms. The molecule has 1 rings (SSSR count). The average molecular weight is 199 g/mol. The van der Waals surface area contributed by atoms with Crippen LogP contribution in [-0.2, 0) is 4.79 Å². The van der Waals surface area contributed by atoms with E-state index in [2.05, 4.69) is 17.1 Å². The molecule has 1 heterocycles. The summed E-state index contributed by atoms with van der Waals surface area (Å²) in [5.41, 5.74) is 4.95. The number of likely N-dealkylation sites (tertiary alicyclic amines) is 1. The van der Waals surface area contributed by atoms with Gasteiger partial charge in [-0.3, -0.25) is 10.1 Å². The molecule has 4 heteroatoms. The molecule has 0 aromatic heterocycles. The third-order valence-corrected chi connectivity index (χ3v) is 2.95. The molecule has 1 saturated heterocycles. The SMILES string of the molecule is CC(C)NC1(C(N)=O)CC(C)N(C)C1. The molecule has 82 valence electrons. The van der Waals surface area contributed by atoms with Gasteiger partial charge in [-0.1, -0.05) is 0 Å². The molecule has 0 aromatic carbocycles. The zero-order chi connectivity index (χ0) is 10.9. The maximum absolute atomic E-state index is 11.5. The number of carbonyl (C=O) groups is 1. The number of hydrogen-bond acceptors (Lipinski definition) is 3. The molecular weight excluding hydrogens is 178 g/mol. The number of rotatable bonds is 3. The Morgan fingerprint density at radius 2 is 2.21 bits per heavy atom. The number of carbonyl (C=O) groups excluding carboxylic acids is 1. The third-order valence-electron chi connectivity index (χ3n) is 2.95. The normalized spacial score (nSPS) is 33.9. The Morgan fingerprint density at radius 1 is 1.64 bits per heavy atom. The van der Waals surface area contributed by atoms with E-state index in [4.69, 9.17) is 5.73 Å². The zero-order valence-corrected chi connectivity index (χ0v) is 9.50. The Bertz CT molecular complexity index is 212. The minimum atomic E-state index is -0.525. The van der Waals surface area contributed by atoms with Gasteiger partial charge in [-0.15, -0.1) is 0 Å². The van der Waals surface area contributed by atoms with Crippen LogP contribution in [0.3, 0.4) is 0 Å². The van der Waals surface area contributed by atoms with Crippen LogP contribution in [0.2, 0.25) is 0 Å². The zero-order valence-electron chi connectivity index (χ0n) is 9.50. The first-order valence-corrected chi connectivity index (χ1v) is 5.15. The van der Waals surface area contributed by atoms with Gasteiger partial charge < -0.3 is 10.6 Å². The number of likely N-dealkylation sites (N-methyl/N-ethyl adjacent to an activating group) is 1. The van der Waals surface area contributed by atoms with Crippen molar-refractivity contribution in [3.63, 3.8) is 0 Å². The number of nitrogens with one attached hydrogen (secondary N) is 1. The molecule has 0 radical (unpaired) electrons. The van der Waals surface area contributed by atoms with Crippen molar-refractivity contribution in [1.29, 1.82) is 0 Å². The lowest BCUT2D eigenvalue weighted by Crippen LogP contribution is -2.59. The second-order valence-corrected chi connectivity index (χ2v) is 4.71. The minimum Gasteiger partial charge on any atom is -0.368 e. The molecule has 2 unspecified atom stereocenters. The fraction of sp³-hybridized carbons (Fsp3) is 0.900. The van der Waals surface area contributed by atoms with E-state index in [1.165, 1.54) is 0 Å². The molecule has 14 heavy (non-hydrogen) atoms. The van der Waals surface area contributed by atoms with Crippen molar-refractivity contribution in [1.82, 2.24) is 10.2 Å². The first kappa shape index (κ1) is 11.5. The smallest absolute Gasteiger partial charge is 0.239 e. The van der Waals surface area contributed by atoms with Crippen LogP contribution < -0.4 is 11.1 Å². The van der Waals surface area contributed by atoms with Crippen molar-refractivity contribution in [3.05, 3.63) is 0 Å². The maximum atomic E-state index is 11.5. The fourth-order valence-electron chi connectivity index (χ4n) is 2.21. The molecule has 1 amide bonds. The van der Waals surface area contributed by atoms with E-state index in [-0.39, 0.29) is 11.9 Å². The van der Waals surface area contributed by atoms with Gasteiger partial charge in [0.2, 0.25) is 5.91 Å². The van der Waals surface area contributed by atoms with E-state index in [1.807, 2.05) is 20.9 Å². The molecule has 1 aliphatic heterocycles. The van der Waals surface area contributed by atoms with E-state index in [1.54, 1.807) is 0 Å². The molecule has 0 saturated carbocycles. The molecule has 2 atom stereocenters.